The van der Waals surface area contributed by atoms with E-state index in [0.29, 0.717) is 5.41 Å². The summed E-state index contributed by atoms with van der Waals surface area (Å²) in [5, 5.41) is 0. The van der Waals surface area contributed by atoms with E-state index in [1.807, 2.05) is 0 Å². The third kappa shape index (κ3) is 1.79. The van der Waals surface area contributed by atoms with Gasteiger partial charge in [0.15, 0.2) is 0 Å². The average molecular weight is 204 g/mol. The fourth-order valence-electron chi connectivity index (χ4n) is 3.81. The van der Waals surface area contributed by atoms with E-state index in [1.54, 1.807) is 22.3 Å². The Kier molecular flexibility index (Phi) is 2.79. The van der Waals surface area contributed by atoms with Crippen molar-refractivity contribution in [3.05, 3.63) is 22.3 Å². The number of hydrogen-bond donors (Lipinski definition) is 0. The third-order valence-electron chi connectivity index (χ3n) is 4.52. The van der Waals surface area contributed by atoms with Crippen molar-refractivity contribution < 1.29 is 0 Å². The highest BCUT2D eigenvalue weighted by Gasteiger charge is 2.40. The summed E-state index contributed by atoms with van der Waals surface area (Å²) in [7, 11) is 0. The van der Waals surface area contributed by atoms with E-state index in [0.717, 1.165) is 0 Å². The van der Waals surface area contributed by atoms with Gasteiger partial charge in [-0.15, -0.1) is 0 Å². The number of allylic oxidation sites excluding steroid dienone is 4. The molecule has 0 fully saturated rings. The molecule has 0 unspecified atom stereocenters. The summed E-state index contributed by atoms with van der Waals surface area (Å²) in [6, 6.07) is 0. The maximum absolute atomic E-state index is 2.35. The molecule has 0 atom stereocenters. The second kappa shape index (κ2) is 3.81. The molecule has 0 aromatic rings. The largest absolute Gasteiger partial charge is 0.0735 e. The summed E-state index contributed by atoms with van der Waals surface area (Å²) in [6.45, 7) is 9.33. The minimum Gasteiger partial charge on any atom is -0.0735 e. The molecule has 15 heavy (non-hydrogen) atoms. The lowest BCUT2D eigenvalue weighted by molar-refractivity contribution is 0.318. The Morgan fingerprint density at radius 3 is 1.47 bits per heavy atom. The molecule has 0 bridgehead atoms. The van der Waals surface area contributed by atoms with Gasteiger partial charge in [0, 0.05) is 0 Å². The van der Waals surface area contributed by atoms with Crippen LogP contribution in [0.4, 0.5) is 0 Å². The first-order valence-electron chi connectivity index (χ1n) is 6.45. The highest BCUT2D eigenvalue weighted by Crippen LogP contribution is 2.55. The molecule has 84 valence electrons. The van der Waals surface area contributed by atoms with Crippen LogP contribution >= 0.6 is 0 Å². The second-order valence-electron chi connectivity index (χ2n) is 5.68. The summed E-state index contributed by atoms with van der Waals surface area (Å²) < 4.78 is 0. The van der Waals surface area contributed by atoms with Crippen LogP contribution in [0.5, 0.6) is 0 Å². The first-order valence-corrected chi connectivity index (χ1v) is 6.45. The quantitative estimate of drug-likeness (QED) is 0.554. The molecular weight excluding hydrogens is 180 g/mol. The van der Waals surface area contributed by atoms with Gasteiger partial charge in [0.05, 0.1) is 0 Å². The van der Waals surface area contributed by atoms with E-state index in [2.05, 4.69) is 27.7 Å². The average Bonchev–Trinajstić information content (AvgIpc) is 2.67. The van der Waals surface area contributed by atoms with Gasteiger partial charge >= 0.3 is 0 Å². The van der Waals surface area contributed by atoms with Gasteiger partial charge in [0.25, 0.3) is 0 Å². The minimum atomic E-state index is 0.630. The molecule has 0 heteroatoms. The number of rotatable bonds is 2. The van der Waals surface area contributed by atoms with Crippen LogP contribution < -0.4 is 0 Å². The van der Waals surface area contributed by atoms with Gasteiger partial charge in [-0.25, -0.2) is 0 Å². The van der Waals surface area contributed by atoms with Crippen molar-refractivity contribution in [2.75, 3.05) is 0 Å². The zero-order valence-corrected chi connectivity index (χ0v) is 10.7. The summed E-state index contributed by atoms with van der Waals surface area (Å²) in [6.07, 6.45) is 8.06. The first kappa shape index (κ1) is 11.0. The molecule has 0 aromatic carbocycles. The highest BCUT2D eigenvalue weighted by molar-refractivity contribution is 5.32. The predicted octanol–water partition coefficient (Wildman–Crippen LogP) is 5.01. The Morgan fingerprint density at radius 1 is 0.800 bits per heavy atom. The molecule has 0 nitrogen and oxygen atoms in total. The van der Waals surface area contributed by atoms with Crippen LogP contribution in [0.2, 0.25) is 0 Å². The zero-order valence-electron chi connectivity index (χ0n) is 10.7. The van der Waals surface area contributed by atoms with Gasteiger partial charge in [-0.2, -0.15) is 0 Å². The van der Waals surface area contributed by atoms with Crippen molar-refractivity contribution in [2.45, 2.75) is 66.2 Å². The van der Waals surface area contributed by atoms with Crippen molar-refractivity contribution >= 4 is 0 Å². The predicted molar refractivity (Wildman–Crippen MR) is 66.9 cm³/mol. The monoisotopic (exact) mass is 204 g/mol. The van der Waals surface area contributed by atoms with E-state index in [1.165, 1.54) is 38.5 Å². The second-order valence-corrected chi connectivity index (χ2v) is 5.68. The minimum absolute atomic E-state index is 0.630. The topological polar surface area (TPSA) is 0 Å². The van der Waals surface area contributed by atoms with E-state index in [9.17, 15) is 0 Å². The molecule has 2 rings (SSSR count). The fraction of sp³-hybridized carbons (Fsp3) is 0.733. The van der Waals surface area contributed by atoms with Gasteiger partial charge in [-0.05, 0) is 57.8 Å². The van der Waals surface area contributed by atoms with Crippen molar-refractivity contribution in [3.63, 3.8) is 0 Å². The Bertz CT molecular complexity index is 294. The van der Waals surface area contributed by atoms with Gasteiger partial charge in [-0.3, -0.25) is 0 Å². The standard InChI is InChI=1S/C15H24/c1-5-13-9-15(7-11(13)3)8-12(4)14(6-2)10-15/h5-10H2,1-4H3. The highest BCUT2D eigenvalue weighted by atomic mass is 14.5. The normalized spacial score (nSPS) is 24.8. The molecular formula is C15H24. The Labute approximate surface area is 94.5 Å². The Balaban J connectivity index is 2.12. The zero-order chi connectivity index (χ0) is 11.1. The van der Waals surface area contributed by atoms with Crippen LogP contribution in [-0.2, 0) is 0 Å². The van der Waals surface area contributed by atoms with E-state index in [4.69, 9.17) is 0 Å². The molecule has 0 aromatic heterocycles. The molecule has 0 aliphatic heterocycles. The van der Waals surface area contributed by atoms with Crippen molar-refractivity contribution in [1.82, 2.24) is 0 Å². The molecule has 0 radical (unpaired) electrons. The fourth-order valence-corrected chi connectivity index (χ4v) is 3.81. The lowest BCUT2D eigenvalue weighted by Crippen LogP contribution is -2.13. The summed E-state index contributed by atoms with van der Waals surface area (Å²) in [4.78, 5) is 0. The lowest BCUT2D eigenvalue weighted by atomic mass is 9.79. The summed E-state index contributed by atoms with van der Waals surface area (Å²) >= 11 is 0. The van der Waals surface area contributed by atoms with Crippen LogP contribution in [0.1, 0.15) is 66.2 Å². The lowest BCUT2D eigenvalue weighted by Gasteiger charge is -2.24. The molecule has 2 aliphatic rings. The van der Waals surface area contributed by atoms with Gasteiger partial charge < -0.3 is 0 Å². The smallest absolute Gasteiger partial charge is 0.0149 e. The van der Waals surface area contributed by atoms with Crippen molar-refractivity contribution in [1.29, 1.82) is 0 Å². The van der Waals surface area contributed by atoms with Crippen LogP contribution in [-0.4, -0.2) is 0 Å². The van der Waals surface area contributed by atoms with E-state index < -0.39 is 0 Å². The molecule has 0 heterocycles. The van der Waals surface area contributed by atoms with E-state index >= 15 is 0 Å². The third-order valence-corrected chi connectivity index (χ3v) is 4.52. The van der Waals surface area contributed by atoms with Gasteiger partial charge in [0.1, 0.15) is 0 Å². The van der Waals surface area contributed by atoms with Crippen molar-refractivity contribution in [2.24, 2.45) is 5.41 Å². The molecule has 1 spiro atoms. The van der Waals surface area contributed by atoms with Gasteiger partial charge in [0.2, 0.25) is 0 Å². The Hall–Kier alpha value is -0.520. The van der Waals surface area contributed by atoms with Crippen LogP contribution in [0.3, 0.4) is 0 Å². The SMILES string of the molecule is CCC1=C(C)CC2(CC(C)=C(CC)C2)C1. The van der Waals surface area contributed by atoms with Crippen LogP contribution in [0, 0.1) is 5.41 Å². The summed E-state index contributed by atoms with van der Waals surface area (Å²) in [5.41, 5.74) is 7.52. The molecule has 0 saturated heterocycles. The van der Waals surface area contributed by atoms with Gasteiger partial charge in [-0.1, -0.05) is 36.1 Å². The maximum atomic E-state index is 2.35. The van der Waals surface area contributed by atoms with Crippen molar-refractivity contribution in [3.8, 4) is 0 Å². The number of hydrogen-bond acceptors (Lipinski definition) is 0. The molecule has 2 aliphatic carbocycles. The Morgan fingerprint density at radius 2 is 1.20 bits per heavy atom. The first-order chi connectivity index (χ1) is 7.10. The van der Waals surface area contributed by atoms with Crippen LogP contribution in [0.25, 0.3) is 0 Å². The maximum Gasteiger partial charge on any atom is -0.0149 e. The molecule has 0 amide bonds. The summed E-state index contributed by atoms with van der Waals surface area (Å²) in [5.74, 6) is 0. The van der Waals surface area contributed by atoms with Crippen LogP contribution in [0.15, 0.2) is 22.3 Å². The van der Waals surface area contributed by atoms with E-state index in [-0.39, 0.29) is 0 Å². The molecule has 0 saturated carbocycles. The molecule has 0 N–H and O–H groups in total.